The van der Waals surface area contributed by atoms with Crippen LogP contribution in [-0.4, -0.2) is 47.3 Å². The van der Waals surface area contributed by atoms with E-state index in [4.69, 9.17) is 9.15 Å². The molecule has 1 aromatic carbocycles. The quantitative estimate of drug-likeness (QED) is 0.468. The molecule has 0 radical (unpaired) electrons. The highest BCUT2D eigenvalue weighted by Gasteiger charge is 2.30. The molecule has 1 aliphatic rings. The van der Waals surface area contributed by atoms with Gasteiger partial charge in [0.15, 0.2) is 11.5 Å². The van der Waals surface area contributed by atoms with Crippen LogP contribution in [0.4, 0.5) is 5.69 Å². The number of Topliss-reactive ketones (excluding diaryl/α,β-unsaturated/α-hetero) is 1. The van der Waals surface area contributed by atoms with E-state index < -0.39 is 11.0 Å². The van der Waals surface area contributed by atoms with Crippen LogP contribution in [-0.2, 0) is 4.74 Å². The van der Waals surface area contributed by atoms with E-state index in [1.807, 2.05) is 0 Å². The molecule has 1 amide bonds. The summed E-state index contributed by atoms with van der Waals surface area (Å²) in [5.74, 6) is -0.245. The summed E-state index contributed by atoms with van der Waals surface area (Å²) in [5, 5.41) is 10.7. The predicted molar refractivity (Wildman–Crippen MR) is 86.4 cm³/mol. The van der Waals surface area contributed by atoms with Gasteiger partial charge in [-0.2, -0.15) is 0 Å². The minimum atomic E-state index is -0.520. The number of hydrogen-bond donors (Lipinski definition) is 0. The Balaban J connectivity index is 1.74. The molecule has 8 heteroatoms. The number of hydrogen-bond acceptors (Lipinski definition) is 6. The molecule has 2 heterocycles. The van der Waals surface area contributed by atoms with Crippen LogP contribution in [0.3, 0.4) is 0 Å². The van der Waals surface area contributed by atoms with E-state index in [0.717, 1.165) is 0 Å². The first-order valence-corrected chi connectivity index (χ1v) is 7.76. The van der Waals surface area contributed by atoms with Gasteiger partial charge in [0.1, 0.15) is 0 Å². The number of non-ortho nitro benzene ring substituents is 1. The number of nitro benzene ring substituents is 1. The highest BCUT2D eigenvalue weighted by Crippen LogP contribution is 2.19. The lowest BCUT2D eigenvalue weighted by Crippen LogP contribution is -2.49. The summed E-state index contributed by atoms with van der Waals surface area (Å²) in [7, 11) is 0. The van der Waals surface area contributed by atoms with E-state index in [0.29, 0.717) is 18.7 Å². The first-order chi connectivity index (χ1) is 12.1. The average Bonchev–Trinajstić information content (AvgIpc) is 3.16. The molecule has 3 rings (SSSR count). The zero-order valence-electron chi connectivity index (χ0n) is 13.3. The first-order valence-electron chi connectivity index (χ1n) is 7.76. The normalized spacial score (nSPS) is 17.3. The minimum Gasteiger partial charge on any atom is -0.461 e. The Morgan fingerprint density at radius 3 is 2.64 bits per heavy atom. The summed E-state index contributed by atoms with van der Waals surface area (Å²) in [4.78, 5) is 36.7. The number of amides is 1. The second-order valence-electron chi connectivity index (χ2n) is 5.64. The SMILES string of the molecule is O=C(CC1COCCN1C(=O)c1ccc([N+](=O)[O-])cc1)c1ccco1. The standard InChI is InChI=1S/C17H16N2O6/c20-15(16-2-1-8-25-16)10-14-11-24-9-7-18(14)17(21)12-3-5-13(6-4-12)19(22)23/h1-6,8,14H,7,9-11H2. The fourth-order valence-electron chi connectivity index (χ4n) is 2.73. The Hall–Kier alpha value is -3.00. The molecule has 0 spiro atoms. The monoisotopic (exact) mass is 344 g/mol. The fourth-order valence-corrected chi connectivity index (χ4v) is 2.73. The van der Waals surface area contributed by atoms with Crippen molar-refractivity contribution in [3.63, 3.8) is 0 Å². The molecule has 1 aromatic heterocycles. The molecule has 1 aliphatic heterocycles. The molecule has 0 saturated carbocycles. The fraction of sp³-hybridized carbons (Fsp3) is 0.294. The number of carbonyl (C=O) groups excluding carboxylic acids is 2. The number of nitro groups is 1. The van der Waals surface area contributed by atoms with Crippen molar-refractivity contribution in [1.29, 1.82) is 0 Å². The molecular weight excluding hydrogens is 328 g/mol. The highest BCUT2D eigenvalue weighted by atomic mass is 16.6. The molecule has 2 aromatic rings. The van der Waals surface area contributed by atoms with Gasteiger partial charge in [0, 0.05) is 30.7 Å². The smallest absolute Gasteiger partial charge is 0.269 e. The Bertz CT molecular complexity index is 769. The molecule has 1 saturated heterocycles. The summed E-state index contributed by atoms with van der Waals surface area (Å²) in [6.45, 7) is 0.987. The van der Waals surface area contributed by atoms with Gasteiger partial charge in [-0.3, -0.25) is 19.7 Å². The maximum absolute atomic E-state index is 12.7. The number of nitrogens with zero attached hydrogens (tertiary/aromatic N) is 2. The third-order valence-corrected chi connectivity index (χ3v) is 4.03. The maximum Gasteiger partial charge on any atom is 0.269 e. The topological polar surface area (TPSA) is 103 Å². The van der Waals surface area contributed by atoms with E-state index in [2.05, 4.69) is 0 Å². The van der Waals surface area contributed by atoms with Gasteiger partial charge in [0.25, 0.3) is 11.6 Å². The molecule has 0 bridgehead atoms. The van der Waals surface area contributed by atoms with Gasteiger partial charge in [0.05, 0.1) is 30.4 Å². The Kier molecular flexibility index (Phi) is 4.90. The van der Waals surface area contributed by atoms with Crippen LogP contribution in [0.15, 0.2) is 47.1 Å². The van der Waals surface area contributed by atoms with Crippen LogP contribution >= 0.6 is 0 Å². The zero-order chi connectivity index (χ0) is 17.8. The largest absolute Gasteiger partial charge is 0.461 e. The number of carbonyl (C=O) groups is 2. The lowest BCUT2D eigenvalue weighted by molar-refractivity contribution is -0.384. The van der Waals surface area contributed by atoms with Gasteiger partial charge in [-0.25, -0.2) is 0 Å². The van der Waals surface area contributed by atoms with E-state index in [-0.39, 0.29) is 36.2 Å². The summed E-state index contributed by atoms with van der Waals surface area (Å²) >= 11 is 0. The summed E-state index contributed by atoms with van der Waals surface area (Å²) in [6, 6.07) is 8.21. The van der Waals surface area contributed by atoms with Crippen molar-refractivity contribution in [1.82, 2.24) is 4.90 Å². The lowest BCUT2D eigenvalue weighted by Gasteiger charge is -2.35. The van der Waals surface area contributed by atoms with Gasteiger partial charge in [-0.15, -0.1) is 0 Å². The van der Waals surface area contributed by atoms with Gasteiger partial charge in [-0.05, 0) is 24.3 Å². The van der Waals surface area contributed by atoms with Crippen molar-refractivity contribution in [2.24, 2.45) is 0 Å². The van der Waals surface area contributed by atoms with Gasteiger partial charge >= 0.3 is 0 Å². The zero-order valence-corrected chi connectivity index (χ0v) is 13.3. The van der Waals surface area contributed by atoms with Crippen molar-refractivity contribution in [3.8, 4) is 0 Å². The average molecular weight is 344 g/mol. The second-order valence-corrected chi connectivity index (χ2v) is 5.64. The van der Waals surface area contributed by atoms with E-state index >= 15 is 0 Å². The number of rotatable bonds is 5. The second kappa shape index (κ2) is 7.27. The summed E-state index contributed by atoms with van der Waals surface area (Å²) < 4.78 is 10.5. The van der Waals surface area contributed by atoms with Gasteiger partial charge < -0.3 is 14.1 Å². The van der Waals surface area contributed by atoms with Crippen LogP contribution in [0.5, 0.6) is 0 Å². The summed E-state index contributed by atoms with van der Waals surface area (Å²) in [6.07, 6.45) is 1.51. The lowest BCUT2D eigenvalue weighted by atomic mass is 10.0. The number of ether oxygens (including phenoxy) is 1. The van der Waals surface area contributed by atoms with Crippen LogP contribution < -0.4 is 0 Å². The molecule has 0 N–H and O–H groups in total. The molecular formula is C17H16N2O6. The number of furan rings is 1. The van der Waals surface area contributed by atoms with Crippen molar-refractivity contribution >= 4 is 17.4 Å². The van der Waals surface area contributed by atoms with E-state index in [1.54, 1.807) is 17.0 Å². The third kappa shape index (κ3) is 3.74. The molecule has 8 nitrogen and oxygen atoms in total. The van der Waals surface area contributed by atoms with Crippen molar-refractivity contribution < 1.29 is 23.7 Å². The number of morpholine rings is 1. The first kappa shape index (κ1) is 16.8. The van der Waals surface area contributed by atoms with E-state index in [9.17, 15) is 19.7 Å². The van der Waals surface area contributed by atoms with Gasteiger partial charge in [0.2, 0.25) is 0 Å². The number of ketones is 1. The van der Waals surface area contributed by atoms with Crippen molar-refractivity contribution in [2.75, 3.05) is 19.8 Å². The molecule has 25 heavy (non-hydrogen) atoms. The van der Waals surface area contributed by atoms with Crippen molar-refractivity contribution in [3.05, 3.63) is 64.1 Å². The molecule has 1 unspecified atom stereocenters. The van der Waals surface area contributed by atoms with Crippen LogP contribution in [0.2, 0.25) is 0 Å². The molecule has 1 atom stereocenters. The summed E-state index contributed by atoms with van der Waals surface area (Å²) in [5.41, 5.74) is 0.256. The minimum absolute atomic E-state index is 0.0805. The Morgan fingerprint density at radius 2 is 2.00 bits per heavy atom. The molecule has 0 aliphatic carbocycles. The maximum atomic E-state index is 12.7. The Labute approximate surface area is 143 Å². The van der Waals surface area contributed by atoms with Crippen LogP contribution in [0, 0.1) is 10.1 Å². The van der Waals surface area contributed by atoms with Gasteiger partial charge in [-0.1, -0.05) is 0 Å². The van der Waals surface area contributed by atoms with Crippen LogP contribution in [0.25, 0.3) is 0 Å². The highest BCUT2D eigenvalue weighted by molar-refractivity contribution is 5.97. The molecule has 130 valence electrons. The Morgan fingerprint density at radius 1 is 1.24 bits per heavy atom. The van der Waals surface area contributed by atoms with Crippen LogP contribution in [0.1, 0.15) is 27.3 Å². The van der Waals surface area contributed by atoms with E-state index in [1.165, 1.54) is 30.5 Å². The number of benzene rings is 1. The predicted octanol–water partition coefficient (Wildman–Crippen LogP) is 2.30. The molecule has 1 fully saturated rings. The van der Waals surface area contributed by atoms with Crippen molar-refractivity contribution in [2.45, 2.75) is 12.5 Å². The third-order valence-electron chi connectivity index (χ3n) is 4.03.